The molecule has 0 fully saturated rings. The summed E-state index contributed by atoms with van der Waals surface area (Å²) in [4.78, 5) is 24.1. The lowest BCUT2D eigenvalue weighted by atomic mass is 10.0. The number of allylic oxidation sites excluding steroid dienone is 6. The van der Waals surface area contributed by atoms with Gasteiger partial charge in [-0.05, 0) is 50.9 Å². The first-order valence-electron chi connectivity index (χ1n) is 17.2. The fourth-order valence-electron chi connectivity index (χ4n) is 4.46. The summed E-state index contributed by atoms with van der Waals surface area (Å²) in [7, 11) is 0. The number of carbonyl (C=O) groups excluding carboxylic acids is 2. The van der Waals surface area contributed by atoms with Crippen LogP contribution in [0.25, 0.3) is 0 Å². The van der Waals surface area contributed by atoms with Crippen LogP contribution in [0.1, 0.15) is 143 Å². The van der Waals surface area contributed by atoms with Crippen LogP contribution in [0.15, 0.2) is 48.6 Å². The second kappa shape index (κ2) is 31.3. The van der Waals surface area contributed by atoms with Crippen LogP contribution in [0.3, 0.4) is 0 Å². The number of aliphatic hydroxyl groups is 2. The molecule has 0 aliphatic rings. The van der Waals surface area contributed by atoms with Gasteiger partial charge in [-0.1, -0.05) is 134 Å². The monoisotopic (exact) mass is 604 g/mol. The Balaban J connectivity index is 3.82. The molecule has 0 amide bonds. The molecular formula is C37H64O6. The molecule has 0 saturated heterocycles. The SMILES string of the molecule is CCCCC/C=C\C/C=C\CC(O)/C=C\C=C\CCCC(=O)OC[C@H](CO)OC(=O)CCCCCCCCCCC(C)C. The average Bonchev–Trinajstić information content (AvgIpc) is 2.98. The van der Waals surface area contributed by atoms with Crippen LogP contribution in [0.2, 0.25) is 0 Å². The quantitative estimate of drug-likeness (QED) is 0.0383. The van der Waals surface area contributed by atoms with E-state index < -0.39 is 12.2 Å². The van der Waals surface area contributed by atoms with Gasteiger partial charge in [-0.15, -0.1) is 0 Å². The van der Waals surface area contributed by atoms with E-state index in [0.29, 0.717) is 25.7 Å². The molecule has 6 heteroatoms. The van der Waals surface area contributed by atoms with E-state index in [1.807, 2.05) is 24.3 Å². The van der Waals surface area contributed by atoms with E-state index in [-0.39, 0.29) is 31.6 Å². The third-order valence-electron chi connectivity index (χ3n) is 7.13. The molecule has 0 rings (SSSR count). The number of aliphatic hydroxyl groups excluding tert-OH is 2. The Morgan fingerprint density at radius 3 is 2.07 bits per heavy atom. The third-order valence-corrected chi connectivity index (χ3v) is 7.13. The first-order chi connectivity index (χ1) is 20.9. The van der Waals surface area contributed by atoms with Crippen LogP contribution in [0, 0.1) is 5.92 Å². The number of carbonyl (C=O) groups is 2. The van der Waals surface area contributed by atoms with Gasteiger partial charge >= 0.3 is 11.9 Å². The van der Waals surface area contributed by atoms with Gasteiger partial charge in [0.05, 0.1) is 12.7 Å². The number of hydrogen-bond acceptors (Lipinski definition) is 6. The maximum Gasteiger partial charge on any atom is 0.306 e. The second-order valence-electron chi connectivity index (χ2n) is 11.9. The maximum absolute atomic E-state index is 12.1. The van der Waals surface area contributed by atoms with Crippen LogP contribution in [0.5, 0.6) is 0 Å². The molecule has 0 aromatic carbocycles. The van der Waals surface area contributed by atoms with E-state index in [9.17, 15) is 19.8 Å². The second-order valence-corrected chi connectivity index (χ2v) is 11.9. The number of ether oxygens (including phenoxy) is 2. The largest absolute Gasteiger partial charge is 0.462 e. The first-order valence-corrected chi connectivity index (χ1v) is 17.2. The average molecular weight is 605 g/mol. The summed E-state index contributed by atoms with van der Waals surface area (Å²) in [6, 6.07) is 0. The Bertz CT molecular complexity index is 767. The molecule has 0 bridgehead atoms. The third kappa shape index (κ3) is 31.1. The molecule has 248 valence electrons. The van der Waals surface area contributed by atoms with Gasteiger partial charge in [-0.3, -0.25) is 9.59 Å². The van der Waals surface area contributed by atoms with Crippen molar-refractivity contribution in [3.05, 3.63) is 48.6 Å². The van der Waals surface area contributed by atoms with Crippen LogP contribution < -0.4 is 0 Å². The van der Waals surface area contributed by atoms with Crippen molar-refractivity contribution in [2.75, 3.05) is 13.2 Å². The number of hydrogen-bond donors (Lipinski definition) is 2. The topological polar surface area (TPSA) is 93.1 Å². The van der Waals surface area contributed by atoms with Crippen LogP contribution in [0.4, 0.5) is 0 Å². The summed E-state index contributed by atoms with van der Waals surface area (Å²) in [5.41, 5.74) is 0. The van der Waals surface area contributed by atoms with Crippen molar-refractivity contribution in [3.63, 3.8) is 0 Å². The molecule has 0 heterocycles. The summed E-state index contributed by atoms with van der Waals surface area (Å²) < 4.78 is 10.5. The van der Waals surface area contributed by atoms with Crippen molar-refractivity contribution in [2.24, 2.45) is 5.92 Å². The molecule has 0 aromatic heterocycles. The molecule has 0 radical (unpaired) electrons. The molecule has 0 aliphatic carbocycles. The highest BCUT2D eigenvalue weighted by Gasteiger charge is 2.16. The van der Waals surface area contributed by atoms with Gasteiger partial charge in [0.1, 0.15) is 6.61 Å². The molecule has 0 aromatic rings. The summed E-state index contributed by atoms with van der Waals surface area (Å²) in [5, 5.41) is 19.5. The lowest BCUT2D eigenvalue weighted by Gasteiger charge is -2.15. The zero-order valence-electron chi connectivity index (χ0n) is 27.7. The Morgan fingerprint density at radius 2 is 1.37 bits per heavy atom. The Hall–Kier alpha value is -2.18. The molecular weight excluding hydrogens is 540 g/mol. The minimum Gasteiger partial charge on any atom is -0.462 e. The fourth-order valence-corrected chi connectivity index (χ4v) is 4.46. The first kappa shape index (κ1) is 40.8. The van der Waals surface area contributed by atoms with Gasteiger partial charge in [0.15, 0.2) is 6.10 Å². The van der Waals surface area contributed by atoms with E-state index in [2.05, 4.69) is 39.0 Å². The van der Waals surface area contributed by atoms with Crippen molar-refractivity contribution < 1.29 is 29.3 Å². The zero-order valence-corrected chi connectivity index (χ0v) is 27.7. The molecule has 0 spiro atoms. The number of rotatable bonds is 29. The number of esters is 2. The summed E-state index contributed by atoms with van der Waals surface area (Å²) in [6.45, 7) is 6.25. The minimum atomic E-state index is -0.819. The fraction of sp³-hybridized carbons (Fsp3) is 0.730. The molecule has 2 N–H and O–H groups in total. The Morgan fingerprint density at radius 1 is 0.721 bits per heavy atom. The number of unbranched alkanes of at least 4 members (excludes halogenated alkanes) is 11. The van der Waals surface area contributed by atoms with Gasteiger partial charge in [-0.2, -0.15) is 0 Å². The van der Waals surface area contributed by atoms with Crippen LogP contribution >= 0.6 is 0 Å². The van der Waals surface area contributed by atoms with Gasteiger partial charge in [0.2, 0.25) is 0 Å². The van der Waals surface area contributed by atoms with Crippen molar-refractivity contribution in [1.29, 1.82) is 0 Å². The van der Waals surface area contributed by atoms with Crippen molar-refractivity contribution in [2.45, 2.75) is 155 Å². The predicted molar refractivity (Wildman–Crippen MR) is 179 cm³/mol. The maximum atomic E-state index is 12.1. The van der Waals surface area contributed by atoms with Gasteiger partial charge < -0.3 is 19.7 Å². The summed E-state index contributed by atoms with van der Waals surface area (Å²) in [6.07, 6.45) is 33.5. The zero-order chi connectivity index (χ0) is 31.8. The van der Waals surface area contributed by atoms with E-state index in [1.54, 1.807) is 6.08 Å². The van der Waals surface area contributed by atoms with E-state index in [1.165, 1.54) is 57.8 Å². The Kier molecular flexibility index (Phi) is 29.7. The lowest BCUT2D eigenvalue weighted by molar-refractivity contribution is -0.161. The van der Waals surface area contributed by atoms with Crippen molar-refractivity contribution >= 4 is 11.9 Å². The standard InChI is InChI=1S/C37H64O6/c1-4-5-6-7-8-9-13-17-22-27-34(39)28-23-18-15-20-24-29-36(40)42-32-35(31-38)43-37(41)30-25-19-14-11-10-12-16-21-26-33(2)3/h8-9,15,17-18,22-23,28,33-35,38-39H,4-7,10-14,16,19-21,24-27,29-32H2,1-3H3/b9-8-,18-15+,22-17-,28-23-/t34?,35-/m0/s1. The highest BCUT2D eigenvalue weighted by molar-refractivity contribution is 5.70. The van der Waals surface area contributed by atoms with E-state index in [4.69, 9.17) is 9.47 Å². The molecule has 43 heavy (non-hydrogen) atoms. The van der Waals surface area contributed by atoms with E-state index in [0.717, 1.165) is 38.0 Å². The lowest BCUT2D eigenvalue weighted by Crippen LogP contribution is -2.28. The smallest absolute Gasteiger partial charge is 0.306 e. The highest BCUT2D eigenvalue weighted by Crippen LogP contribution is 2.13. The summed E-state index contributed by atoms with van der Waals surface area (Å²) in [5.74, 6) is 0.0655. The molecule has 0 saturated carbocycles. The highest BCUT2D eigenvalue weighted by atomic mass is 16.6. The molecule has 1 unspecified atom stereocenters. The predicted octanol–water partition coefficient (Wildman–Crippen LogP) is 9.11. The normalized spacial score (nSPS) is 13.6. The molecule has 6 nitrogen and oxygen atoms in total. The van der Waals surface area contributed by atoms with Crippen molar-refractivity contribution in [1.82, 2.24) is 0 Å². The Labute approximate surface area is 263 Å². The van der Waals surface area contributed by atoms with Crippen LogP contribution in [-0.2, 0) is 19.1 Å². The molecule has 2 atom stereocenters. The van der Waals surface area contributed by atoms with Gasteiger partial charge in [0.25, 0.3) is 0 Å². The summed E-state index contributed by atoms with van der Waals surface area (Å²) >= 11 is 0. The van der Waals surface area contributed by atoms with Crippen molar-refractivity contribution in [3.8, 4) is 0 Å². The van der Waals surface area contributed by atoms with Crippen LogP contribution in [-0.4, -0.2) is 47.6 Å². The van der Waals surface area contributed by atoms with Gasteiger partial charge in [-0.25, -0.2) is 0 Å². The van der Waals surface area contributed by atoms with E-state index >= 15 is 0 Å². The minimum absolute atomic E-state index is 0.127. The van der Waals surface area contributed by atoms with Gasteiger partial charge in [0, 0.05) is 12.8 Å². The molecule has 0 aliphatic heterocycles.